The van der Waals surface area contributed by atoms with Crippen LogP contribution in [0.3, 0.4) is 0 Å². The Kier molecular flexibility index (Phi) is 38.1. The molecular weight excluding hydrogens is 750 g/mol. The molecule has 0 saturated heterocycles. The molecule has 0 aromatic rings. The second-order valence-corrected chi connectivity index (χ2v) is 17.5. The van der Waals surface area contributed by atoms with E-state index in [-0.39, 0.29) is 26.1 Å². The van der Waals surface area contributed by atoms with Crippen molar-refractivity contribution in [3.63, 3.8) is 0 Å². The minimum Gasteiger partial charge on any atom is -0.462 e. The van der Waals surface area contributed by atoms with Gasteiger partial charge in [0.1, 0.15) is 19.8 Å². The van der Waals surface area contributed by atoms with Crippen molar-refractivity contribution in [1.82, 2.24) is 0 Å². The number of carbonyl (C=O) groups excluding carboxylic acids is 2. The Morgan fingerprint density at radius 2 is 0.983 bits per heavy atom. The highest BCUT2D eigenvalue weighted by Gasteiger charge is 2.27. The molecule has 2 unspecified atom stereocenters. The van der Waals surface area contributed by atoms with Crippen LogP contribution in [0.2, 0.25) is 0 Å². The van der Waals surface area contributed by atoms with Crippen LogP contribution < -0.4 is 0 Å². The molecule has 334 valence electrons. The smallest absolute Gasteiger partial charge is 0.462 e. The SMILES string of the molecule is CC/C=C\C/C=C\C/C=C\CCCCCC(=O)OCC(COP(=O)(O)OCC[N+](C)(C)C)OC(=O)CCCCCCCC/C=C\C/C=C\C/C=C\CCCCCCC. The summed E-state index contributed by atoms with van der Waals surface area (Å²) in [6.07, 6.45) is 49.5. The molecule has 0 radical (unpaired) electrons. The number of quaternary nitrogens is 1. The van der Waals surface area contributed by atoms with Crippen molar-refractivity contribution in [1.29, 1.82) is 0 Å². The molecule has 0 rings (SSSR count). The first-order chi connectivity index (χ1) is 28.0. The van der Waals surface area contributed by atoms with E-state index in [1.807, 2.05) is 21.1 Å². The highest BCUT2D eigenvalue weighted by Crippen LogP contribution is 2.43. The number of phosphoric ester groups is 1. The highest BCUT2D eigenvalue weighted by atomic mass is 31.2. The second-order valence-electron chi connectivity index (χ2n) is 16.0. The van der Waals surface area contributed by atoms with Crippen molar-refractivity contribution in [2.45, 2.75) is 174 Å². The summed E-state index contributed by atoms with van der Waals surface area (Å²) >= 11 is 0. The van der Waals surface area contributed by atoms with E-state index in [1.165, 1.54) is 38.5 Å². The van der Waals surface area contributed by atoms with E-state index in [4.69, 9.17) is 18.5 Å². The van der Waals surface area contributed by atoms with Crippen LogP contribution in [0.1, 0.15) is 168 Å². The van der Waals surface area contributed by atoms with Crippen LogP contribution >= 0.6 is 7.82 Å². The monoisotopic (exact) mass is 835 g/mol. The van der Waals surface area contributed by atoms with Crippen LogP contribution in [0.5, 0.6) is 0 Å². The van der Waals surface area contributed by atoms with Crippen molar-refractivity contribution >= 4 is 19.8 Å². The summed E-state index contributed by atoms with van der Waals surface area (Å²) in [5.41, 5.74) is 0. The topological polar surface area (TPSA) is 108 Å². The Balaban J connectivity index is 4.39. The van der Waals surface area contributed by atoms with Crippen LogP contribution in [0.15, 0.2) is 72.9 Å². The number of allylic oxidation sites excluding steroid dienone is 12. The van der Waals surface area contributed by atoms with E-state index < -0.39 is 32.5 Å². The molecule has 0 aliphatic rings. The zero-order valence-electron chi connectivity index (χ0n) is 37.5. The van der Waals surface area contributed by atoms with Gasteiger partial charge in [-0.15, -0.1) is 0 Å². The Bertz CT molecular complexity index is 1220. The number of esters is 2. The third kappa shape index (κ3) is 43.0. The summed E-state index contributed by atoms with van der Waals surface area (Å²) < 4.78 is 34.3. The molecule has 58 heavy (non-hydrogen) atoms. The van der Waals surface area contributed by atoms with Crippen molar-refractivity contribution in [2.24, 2.45) is 0 Å². The van der Waals surface area contributed by atoms with Crippen molar-refractivity contribution in [3.05, 3.63) is 72.9 Å². The van der Waals surface area contributed by atoms with Gasteiger partial charge in [-0.2, -0.15) is 0 Å². The average molecular weight is 835 g/mol. The maximum atomic E-state index is 12.7. The molecule has 0 amide bonds. The van der Waals surface area contributed by atoms with Gasteiger partial charge in [-0.25, -0.2) is 4.57 Å². The largest absolute Gasteiger partial charge is 0.472 e. The number of hydrogen-bond acceptors (Lipinski definition) is 7. The molecule has 9 nitrogen and oxygen atoms in total. The average Bonchev–Trinajstić information content (AvgIpc) is 3.17. The number of carbonyl (C=O) groups is 2. The van der Waals surface area contributed by atoms with Crippen LogP contribution in [-0.4, -0.2) is 74.9 Å². The van der Waals surface area contributed by atoms with Crippen molar-refractivity contribution < 1.29 is 42.1 Å². The number of unbranched alkanes of at least 4 members (excludes halogenated alkanes) is 14. The fourth-order valence-electron chi connectivity index (χ4n) is 5.68. The van der Waals surface area contributed by atoms with Gasteiger partial charge < -0.3 is 18.9 Å². The van der Waals surface area contributed by atoms with E-state index in [0.29, 0.717) is 23.9 Å². The highest BCUT2D eigenvalue weighted by molar-refractivity contribution is 7.47. The molecular formula is C48H85NO8P+. The molecule has 10 heteroatoms. The Morgan fingerprint density at radius 3 is 1.48 bits per heavy atom. The number of nitrogens with zero attached hydrogens (tertiary/aromatic N) is 1. The standard InChI is InChI=1S/C48H84NO8P/c1-6-8-10-12-14-16-18-20-21-22-23-24-25-26-27-29-31-33-35-37-39-41-48(51)57-46(45-56-58(52,53)55-43-42-49(3,4)5)44-54-47(50)40-38-36-34-32-30-28-19-17-15-13-11-9-7-2/h9,11,15,17-18,20,22-23,25-26,28,30,46H,6-8,10,12-14,16,19,21,24,27,29,31-45H2,1-5H3/p+1/b11-9-,17-15-,20-18-,23-22-,26-25-,30-28-. The van der Waals surface area contributed by atoms with E-state index in [0.717, 1.165) is 89.9 Å². The molecule has 0 aliphatic carbocycles. The van der Waals surface area contributed by atoms with Crippen LogP contribution in [-0.2, 0) is 32.7 Å². The summed E-state index contributed by atoms with van der Waals surface area (Å²) in [6.45, 7) is 4.23. The predicted octanol–water partition coefficient (Wildman–Crippen LogP) is 13.0. The number of rotatable bonds is 40. The van der Waals surface area contributed by atoms with E-state index in [9.17, 15) is 19.0 Å². The third-order valence-electron chi connectivity index (χ3n) is 9.22. The Morgan fingerprint density at radius 1 is 0.552 bits per heavy atom. The lowest BCUT2D eigenvalue weighted by Gasteiger charge is -2.24. The second kappa shape index (κ2) is 39.9. The number of phosphoric acid groups is 1. The van der Waals surface area contributed by atoms with Gasteiger partial charge in [-0.1, -0.05) is 145 Å². The lowest BCUT2D eigenvalue weighted by atomic mass is 10.1. The van der Waals surface area contributed by atoms with Crippen molar-refractivity contribution in [2.75, 3.05) is 47.5 Å². The summed E-state index contributed by atoms with van der Waals surface area (Å²) in [5.74, 6) is -0.854. The first-order valence-electron chi connectivity index (χ1n) is 22.7. The van der Waals surface area contributed by atoms with Crippen molar-refractivity contribution in [3.8, 4) is 0 Å². The fourth-order valence-corrected chi connectivity index (χ4v) is 6.42. The van der Waals surface area contributed by atoms with Gasteiger partial charge in [-0.05, 0) is 83.5 Å². The maximum Gasteiger partial charge on any atom is 0.472 e. The molecule has 0 bridgehead atoms. The van der Waals surface area contributed by atoms with E-state index in [2.05, 4.69) is 86.8 Å². The van der Waals surface area contributed by atoms with E-state index >= 15 is 0 Å². The van der Waals surface area contributed by atoms with Gasteiger partial charge in [0.2, 0.25) is 0 Å². The van der Waals surface area contributed by atoms with Crippen LogP contribution in [0.25, 0.3) is 0 Å². The Hall–Kier alpha value is -2.55. The molecule has 0 fully saturated rings. The van der Waals surface area contributed by atoms with E-state index in [1.54, 1.807) is 0 Å². The molecule has 1 N–H and O–H groups in total. The summed E-state index contributed by atoms with van der Waals surface area (Å²) in [4.78, 5) is 35.4. The van der Waals surface area contributed by atoms with Gasteiger partial charge in [0.15, 0.2) is 6.10 Å². The molecule has 0 aliphatic heterocycles. The molecule has 0 aromatic carbocycles. The van der Waals surface area contributed by atoms with Gasteiger partial charge in [-0.3, -0.25) is 18.6 Å². The summed E-state index contributed by atoms with van der Waals surface area (Å²) in [7, 11) is 1.44. The quantitative estimate of drug-likeness (QED) is 0.0214. The summed E-state index contributed by atoms with van der Waals surface area (Å²) in [6, 6.07) is 0. The molecule has 0 aromatic heterocycles. The number of ether oxygens (including phenoxy) is 2. The molecule has 0 spiro atoms. The maximum absolute atomic E-state index is 12.7. The van der Waals surface area contributed by atoms with Crippen LogP contribution in [0, 0.1) is 0 Å². The van der Waals surface area contributed by atoms with Gasteiger partial charge in [0, 0.05) is 12.8 Å². The number of hydrogen-bond donors (Lipinski definition) is 1. The van der Waals surface area contributed by atoms with Gasteiger partial charge in [0.25, 0.3) is 0 Å². The lowest BCUT2D eigenvalue weighted by molar-refractivity contribution is -0.870. The molecule has 2 atom stereocenters. The summed E-state index contributed by atoms with van der Waals surface area (Å²) in [5, 5.41) is 0. The third-order valence-corrected chi connectivity index (χ3v) is 10.2. The zero-order chi connectivity index (χ0) is 42.8. The first-order valence-corrected chi connectivity index (χ1v) is 24.2. The predicted molar refractivity (Wildman–Crippen MR) is 242 cm³/mol. The molecule has 0 heterocycles. The van der Waals surface area contributed by atoms with Crippen LogP contribution in [0.4, 0.5) is 0 Å². The van der Waals surface area contributed by atoms with Gasteiger partial charge >= 0.3 is 19.8 Å². The lowest BCUT2D eigenvalue weighted by Crippen LogP contribution is -2.37. The fraction of sp³-hybridized carbons (Fsp3) is 0.708. The minimum absolute atomic E-state index is 0.0203. The Labute approximate surface area is 355 Å². The molecule has 0 saturated carbocycles. The first kappa shape index (κ1) is 55.5. The minimum atomic E-state index is -4.39. The normalized spacial score (nSPS) is 14.2. The van der Waals surface area contributed by atoms with Gasteiger partial charge in [0.05, 0.1) is 27.7 Å². The number of likely N-dealkylation sites (N-methyl/N-ethyl adjacent to an activating group) is 1. The zero-order valence-corrected chi connectivity index (χ0v) is 38.4.